The Bertz CT molecular complexity index is 810. The predicted molar refractivity (Wildman–Crippen MR) is 92.9 cm³/mol. The van der Waals surface area contributed by atoms with Crippen molar-refractivity contribution in [1.29, 1.82) is 0 Å². The zero-order valence-corrected chi connectivity index (χ0v) is 14.8. The topological polar surface area (TPSA) is 38.1 Å². The van der Waals surface area contributed by atoms with Gasteiger partial charge in [0.15, 0.2) is 0 Å². The highest BCUT2D eigenvalue weighted by molar-refractivity contribution is 9.11. The molecule has 3 aromatic rings. The van der Waals surface area contributed by atoms with Crippen LogP contribution in [0.25, 0.3) is 11.0 Å². The van der Waals surface area contributed by atoms with Gasteiger partial charge < -0.3 is 9.47 Å². The Balaban J connectivity index is 1.79. The molecule has 6 heteroatoms. The summed E-state index contributed by atoms with van der Waals surface area (Å²) in [7, 11) is 1.84. The van der Waals surface area contributed by atoms with Crippen LogP contribution in [0, 0.1) is 0 Å². The summed E-state index contributed by atoms with van der Waals surface area (Å²) in [6, 6.07) is 11.6. The molecule has 0 bridgehead atoms. The summed E-state index contributed by atoms with van der Waals surface area (Å²) in [5.41, 5.74) is 1.89. The van der Waals surface area contributed by atoms with E-state index in [9.17, 15) is 4.79 Å². The molecule has 0 spiro atoms. The molecule has 0 saturated heterocycles. The fourth-order valence-electron chi connectivity index (χ4n) is 2.47. The van der Waals surface area contributed by atoms with Gasteiger partial charge in [-0.1, -0.05) is 12.1 Å². The van der Waals surface area contributed by atoms with Crippen LogP contribution in [-0.2, 0) is 11.3 Å². The van der Waals surface area contributed by atoms with Crippen LogP contribution in [0.4, 0.5) is 0 Å². The van der Waals surface area contributed by atoms with Crippen molar-refractivity contribution in [3.8, 4) is 0 Å². The maximum absolute atomic E-state index is 12.7. The number of hydrogen-bond donors (Lipinski definition) is 0. The highest BCUT2D eigenvalue weighted by atomic mass is 79.9. The summed E-state index contributed by atoms with van der Waals surface area (Å²) < 4.78 is 3.01. The van der Waals surface area contributed by atoms with E-state index in [1.54, 1.807) is 22.6 Å². The van der Waals surface area contributed by atoms with E-state index in [4.69, 9.17) is 0 Å². The zero-order valence-electron chi connectivity index (χ0n) is 12.4. The van der Waals surface area contributed by atoms with Gasteiger partial charge in [0.1, 0.15) is 6.04 Å². The van der Waals surface area contributed by atoms with Gasteiger partial charge in [0.05, 0.1) is 27.7 Å². The van der Waals surface area contributed by atoms with Gasteiger partial charge in [-0.3, -0.25) is 4.79 Å². The number of carbonyl (C=O) groups is 1. The first-order valence-corrected chi connectivity index (χ1v) is 8.58. The average Bonchev–Trinajstić information content (AvgIpc) is 3.12. The molecule has 4 nitrogen and oxygen atoms in total. The Labute approximate surface area is 141 Å². The lowest BCUT2D eigenvalue weighted by atomic mass is 10.2. The third kappa shape index (κ3) is 2.94. The van der Waals surface area contributed by atoms with Crippen molar-refractivity contribution < 1.29 is 4.79 Å². The van der Waals surface area contributed by atoms with E-state index >= 15 is 0 Å². The van der Waals surface area contributed by atoms with E-state index in [0.717, 1.165) is 19.7 Å². The van der Waals surface area contributed by atoms with Gasteiger partial charge in [0.25, 0.3) is 0 Å². The fourth-order valence-corrected chi connectivity index (χ4v) is 4.01. The van der Waals surface area contributed by atoms with Gasteiger partial charge in [-0.25, -0.2) is 4.98 Å². The SMILES string of the molecule is CC(C(=O)N(C)Cc1ccc(Br)s1)n1cnc2ccccc21. The van der Waals surface area contributed by atoms with E-state index in [2.05, 4.69) is 20.9 Å². The molecule has 0 fully saturated rings. The van der Waals surface area contributed by atoms with E-state index < -0.39 is 0 Å². The lowest BCUT2D eigenvalue weighted by molar-refractivity contribution is -0.133. The van der Waals surface area contributed by atoms with Crippen LogP contribution in [0.3, 0.4) is 0 Å². The third-order valence-electron chi connectivity index (χ3n) is 3.65. The van der Waals surface area contributed by atoms with Gasteiger partial charge in [0, 0.05) is 11.9 Å². The molecule has 2 heterocycles. The van der Waals surface area contributed by atoms with Crippen molar-refractivity contribution in [1.82, 2.24) is 14.5 Å². The van der Waals surface area contributed by atoms with Crippen LogP contribution in [0.5, 0.6) is 0 Å². The number of para-hydroxylation sites is 2. The molecule has 0 aliphatic rings. The number of fused-ring (bicyclic) bond motifs is 1. The smallest absolute Gasteiger partial charge is 0.245 e. The van der Waals surface area contributed by atoms with Crippen LogP contribution in [0.15, 0.2) is 46.5 Å². The number of nitrogens with zero attached hydrogens (tertiary/aromatic N) is 3. The number of hydrogen-bond acceptors (Lipinski definition) is 3. The lowest BCUT2D eigenvalue weighted by Gasteiger charge is -2.22. The molecular formula is C16H16BrN3OS. The Kier molecular flexibility index (Phi) is 4.31. The first-order chi connectivity index (χ1) is 10.6. The second-order valence-electron chi connectivity index (χ2n) is 5.22. The molecule has 0 radical (unpaired) electrons. The van der Waals surface area contributed by atoms with Gasteiger partial charge >= 0.3 is 0 Å². The number of rotatable bonds is 4. The van der Waals surface area contributed by atoms with Crippen LogP contribution in [0.2, 0.25) is 0 Å². The van der Waals surface area contributed by atoms with Gasteiger partial charge in [0.2, 0.25) is 5.91 Å². The van der Waals surface area contributed by atoms with Gasteiger partial charge in [-0.2, -0.15) is 0 Å². The fraction of sp³-hybridized carbons (Fsp3) is 0.250. The molecule has 114 valence electrons. The van der Waals surface area contributed by atoms with E-state index in [1.807, 2.05) is 54.9 Å². The summed E-state index contributed by atoms with van der Waals surface area (Å²) in [5.74, 6) is 0.0766. The Morgan fingerprint density at radius 3 is 2.86 bits per heavy atom. The van der Waals surface area contributed by atoms with Crippen LogP contribution < -0.4 is 0 Å². The number of aromatic nitrogens is 2. The van der Waals surface area contributed by atoms with Crippen LogP contribution in [-0.4, -0.2) is 27.4 Å². The maximum Gasteiger partial charge on any atom is 0.245 e. The van der Waals surface area contributed by atoms with Crippen molar-refractivity contribution in [2.75, 3.05) is 7.05 Å². The van der Waals surface area contributed by atoms with Crippen LogP contribution in [0.1, 0.15) is 17.8 Å². The summed E-state index contributed by atoms with van der Waals surface area (Å²) >= 11 is 5.10. The first-order valence-electron chi connectivity index (χ1n) is 6.97. The standard InChI is InChI=1S/C16H16BrN3OS/c1-11(20-10-18-13-5-3-4-6-14(13)20)16(21)19(2)9-12-7-8-15(17)22-12/h3-8,10-11H,9H2,1-2H3. The van der Waals surface area contributed by atoms with E-state index in [0.29, 0.717) is 6.54 Å². The molecule has 0 N–H and O–H groups in total. The summed E-state index contributed by atoms with van der Waals surface area (Å²) in [4.78, 5) is 19.9. The predicted octanol–water partition coefficient (Wildman–Crippen LogP) is 4.08. The van der Waals surface area contributed by atoms with Crippen molar-refractivity contribution in [2.45, 2.75) is 19.5 Å². The second-order valence-corrected chi connectivity index (χ2v) is 7.76. The third-order valence-corrected chi connectivity index (χ3v) is 5.26. The summed E-state index contributed by atoms with van der Waals surface area (Å²) in [6.45, 7) is 2.53. The van der Waals surface area contributed by atoms with E-state index in [-0.39, 0.29) is 11.9 Å². The number of thiophene rings is 1. The molecule has 1 unspecified atom stereocenters. The maximum atomic E-state index is 12.7. The number of imidazole rings is 1. The molecule has 0 saturated carbocycles. The molecular weight excluding hydrogens is 362 g/mol. The van der Waals surface area contributed by atoms with Crippen molar-refractivity contribution in [2.24, 2.45) is 0 Å². The number of amides is 1. The number of likely N-dealkylation sites (N-methyl/N-ethyl adjacent to an activating group) is 1. The Morgan fingerprint density at radius 2 is 2.14 bits per heavy atom. The molecule has 1 atom stereocenters. The molecule has 0 aliphatic heterocycles. The monoisotopic (exact) mass is 377 g/mol. The Hall–Kier alpha value is -1.66. The minimum atomic E-state index is -0.277. The minimum absolute atomic E-state index is 0.0766. The number of benzene rings is 1. The minimum Gasteiger partial charge on any atom is -0.339 e. The lowest BCUT2D eigenvalue weighted by Crippen LogP contribution is -2.32. The summed E-state index contributed by atoms with van der Waals surface area (Å²) in [6.07, 6.45) is 1.74. The Morgan fingerprint density at radius 1 is 1.36 bits per heavy atom. The highest BCUT2D eigenvalue weighted by Crippen LogP contribution is 2.24. The quantitative estimate of drug-likeness (QED) is 0.686. The van der Waals surface area contributed by atoms with Crippen molar-refractivity contribution in [3.05, 3.63) is 51.4 Å². The number of carbonyl (C=O) groups excluding carboxylic acids is 1. The zero-order chi connectivity index (χ0) is 15.7. The first kappa shape index (κ1) is 15.2. The molecule has 1 aromatic carbocycles. The van der Waals surface area contributed by atoms with E-state index in [1.165, 1.54) is 0 Å². The van der Waals surface area contributed by atoms with Gasteiger partial charge in [-0.05, 0) is 47.1 Å². The molecule has 22 heavy (non-hydrogen) atoms. The second kappa shape index (κ2) is 6.22. The largest absolute Gasteiger partial charge is 0.339 e. The van der Waals surface area contributed by atoms with Crippen LogP contribution >= 0.6 is 27.3 Å². The highest BCUT2D eigenvalue weighted by Gasteiger charge is 2.21. The molecule has 0 aliphatic carbocycles. The normalized spacial score (nSPS) is 12.5. The average molecular weight is 378 g/mol. The molecule has 2 aromatic heterocycles. The molecule has 3 rings (SSSR count). The van der Waals surface area contributed by atoms with Crippen molar-refractivity contribution >= 4 is 44.2 Å². The summed E-state index contributed by atoms with van der Waals surface area (Å²) in [5, 5.41) is 0. The molecule has 1 amide bonds. The van der Waals surface area contributed by atoms with Gasteiger partial charge in [-0.15, -0.1) is 11.3 Å². The number of halogens is 1. The van der Waals surface area contributed by atoms with Crippen molar-refractivity contribution in [3.63, 3.8) is 0 Å².